The zero-order valence-corrected chi connectivity index (χ0v) is 19.4. The number of alkyl halides is 3. The molecule has 3 aromatic heterocycles. The molecular weight excluding hydrogens is 467 g/mol. The van der Waals surface area contributed by atoms with Crippen LogP contribution >= 0.6 is 11.3 Å². The maximum atomic E-state index is 12.8. The molecule has 12 heteroatoms. The summed E-state index contributed by atoms with van der Waals surface area (Å²) < 4.78 is 38.5. The summed E-state index contributed by atoms with van der Waals surface area (Å²) in [6, 6.07) is 2.05. The van der Waals surface area contributed by atoms with E-state index in [-0.39, 0.29) is 11.6 Å². The van der Waals surface area contributed by atoms with E-state index in [2.05, 4.69) is 37.9 Å². The lowest BCUT2D eigenvalue weighted by atomic mass is 9.92. The number of aromatic nitrogens is 4. The zero-order valence-electron chi connectivity index (χ0n) is 18.6. The smallest absolute Gasteiger partial charge is 0.368 e. The Balaban J connectivity index is 1.28. The first kappa shape index (κ1) is 22.9. The van der Waals surface area contributed by atoms with Crippen LogP contribution in [0.3, 0.4) is 0 Å². The number of hydrogen-bond acceptors (Lipinski definition) is 8. The van der Waals surface area contributed by atoms with Gasteiger partial charge in [-0.1, -0.05) is 0 Å². The quantitative estimate of drug-likeness (QED) is 0.557. The van der Waals surface area contributed by atoms with Crippen LogP contribution in [-0.4, -0.2) is 82.0 Å². The number of amides is 1. The molecule has 5 rings (SSSR count). The van der Waals surface area contributed by atoms with Crippen molar-refractivity contribution in [2.24, 2.45) is 0 Å². The van der Waals surface area contributed by atoms with Crippen molar-refractivity contribution in [1.29, 1.82) is 0 Å². The molecule has 180 valence electrons. The molecule has 2 aliphatic rings. The van der Waals surface area contributed by atoms with Gasteiger partial charge >= 0.3 is 6.18 Å². The number of likely N-dealkylation sites (N-methyl/N-ethyl adjacent to an activating group) is 1. The molecule has 0 bridgehead atoms. The fourth-order valence-electron chi connectivity index (χ4n) is 4.51. The van der Waals surface area contributed by atoms with Crippen molar-refractivity contribution in [3.63, 3.8) is 0 Å². The van der Waals surface area contributed by atoms with Gasteiger partial charge in [0.05, 0.1) is 23.1 Å². The lowest BCUT2D eigenvalue weighted by molar-refractivity contribution is -0.137. The number of halogens is 3. The van der Waals surface area contributed by atoms with E-state index in [4.69, 9.17) is 4.98 Å². The lowest BCUT2D eigenvalue weighted by Gasteiger charge is -2.34. The molecule has 2 fully saturated rings. The molecule has 0 aromatic carbocycles. The summed E-state index contributed by atoms with van der Waals surface area (Å²) in [6.45, 7) is 4.74. The van der Waals surface area contributed by atoms with E-state index in [0.29, 0.717) is 37.3 Å². The first-order valence-corrected chi connectivity index (χ1v) is 12.0. The molecule has 5 heterocycles. The van der Waals surface area contributed by atoms with Gasteiger partial charge in [0, 0.05) is 50.6 Å². The second-order valence-electron chi connectivity index (χ2n) is 8.71. The van der Waals surface area contributed by atoms with Crippen LogP contribution in [0.4, 0.5) is 18.9 Å². The number of piperidine rings is 1. The van der Waals surface area contributed by atoms with E-state index in [9.17, 15) is 18.0 Å². The molecule has 0 radical (unpaired) electrons. The highest BCUT2D eigenvalue weighted by molar-refractivity contribution is 7.09. The van der Waals surface area contributed by atoms with Crippen LogP contribution in [0.15, 0.2) is 24.0 Å². The number of carbonyl (C=O) groups excluding carboxylic acids is 1. The number of anilines is 1. The van der Waals surface area contributed by atoms with Crippen molar-refractivity contribution in [1.82, 2.24) is 29.7 Å². The van der Waals surface area contributed by atoms with Gasteiger partial charge in [0.1, 0.15) is 17.5 Å². The Morgan fingerprint density at radius 2 is 1.79 bits per heavy atom. The molecule has 0 saturated carbocycles. The third-order valence-corrected chi connectivity index (χ3v) is 7.38. The number of thiazole rings is 1. The van der Waals surface area contributed by atoms with Crippen LogP contribution in [0.1, 0.15) is 39.9 Å². The van der Waals surface area contributed by atoms with E-state index in [0.717, 1.165) is 48.6 Å². The highest BCUT2D eigenvalue weighted by Gasteiger charge is 2.36. The van der Waals surface area contributed by atoms with Crippen molar-refractivity contribution in [3.05, 3.63) is 40.4 Å². The molecule has 0 spiro atoms. The van der Waals surface area contributed by atoms with Gasteiger partial charge in [0.25, 0.3) is 5.91 Å². The third kappa shape index (κ3) is 4.56. The van der Waals surface area contributed by atoms with E-state index in [1.54, 1.807) is 11.2 Å². The van der Waals surface area contributed by atoms with Gasteiger partial charge in [-0.2, -0.15) is 13.2 Å². The predicted molar refractivity (Wildman–Crippen MR) is 122 cm³/mol. The van der Waals surface area contributed by atoms with Crippen molar-refractivity contribution in [3.8, 4) is 0 Å². The minimum atomic E-state index is -4.54. The number of rotatable bonds is 3. The Hall–Kier alpha value is -2.86. The molecule has 3 aromatic rings. The van der Waals surface area contributed by atoms with Gasteiger partial charge in [0.15, 0.2) is 5.01 Å². The van der Waals surface area contributed by atoms with E-state index in [1.165, 1.54) is 5.38 Å². The summed E-state index contributed by atoms with van der Waals surface area (Å²) in [6.07, 6.45) is 0.186. The van der Waals surface area contributed by atoms with Crippen molar-refractivity contribution in [2.75, 3.05) is 51.2 Å². The summed E-state index contributed by atoms with van der Waals surface area (Å²) in [4.78, 5) is 36.0. The molecule has 0 unspecified atom stereocenters. The summed E-state index contributed by atoms with van der Waals surface area (Å²) >= 11 is 0.444. The summed E-state index contributed by atoms with van der Waals surface area (Å²) in [5.41, 5.74) is 3.31. The van der Waals surface area contributed by atoms with Crippen molar-refractivity contribution < 1.29 is 18.0 Å². The predicted octanol–water partition coefficient (Wildman–Crippen LogP) is 3.27. The molecule has 2 aliphatic heterocycles. The van der Waals surface area contributed by atoms with Crippen LogP contribution in [-0.2, 0) is 6.18 Å². The molecule has 0 N–H and O–H groups in total. The molecular formula is C22H24F3N7OS. The van der Waals surface area contributed by atoms with Crippen LogP contribution in [0.5, 0.6) is 0 Å². The van der Waals surface area contributed by atoms with Crippen LogP contribution in [0.25, 0.3) is 11.0 Å². The average molecular weight is 492 g/mol. The number of fused-ring (bicyclic) bond motifs is 1. The normalized spacial score (nSPS) is 18.6. The number of piperazine rings is 1. The second kappa shape index (κ2) is 9.06. The fraction of sp³-hybridized carbons (Fsp3) is 0.500. The summed E-state index contributed by atoms with van der Waals surface area (Å²) in [5.74, 6) is -0.370. The molecule has 8 nitrogen and oxygen atoms in total. The highest BCUT2D eigenvalue weighted by Crippen LogP contribution is 2.34. The lowest BCUT2D eigenvalue weighted by Crippen LogP contribution is -2.44. The first-order chi connectivity index (χ1) is 16.3. The third-order valence-electron chi connectivity index (χ3n) is 6.49. The SMILES string of the molecule is CN1CCN(c2cnc3c(C4CCN(C(=O)c5csc(C(F)(F)F)n5)CC4)ncnc3c2)CC1. The maximum Gasteiger partial charge on any atom is 0.443 e. The number of carbonyl (C=O) groups is 1. The summed E-state index contributed by atoms with van der Waals surface area (Å²) in [7, 11) is 2.12. The number of nitrogens with zero attached hydrogens (tertiary/aromatic N) is 7. The minimum Gasteiger partial charge on any atom is -0.368 e. The molecule has 2 saturated heterocycles. The Kier molecular flexibility index (Phi) is 6.11. The standard InChI is InChI=1S/C22H24F3N7OS/c1-30-6-8-31(9-7-30)15-10-16-19(26-11-15)18(28-13-27-16)14-2-4-32(5-3-14)20(33)17-12-34-21(29-17)22(23,24)25/h10-14H,2-9H2,1H3. The molecule has 0 aliphatic carbocycles. The van der Waals surface area contributed by atoms with Gasteiger partial charge in [-0.05, 0) is 26.0 Å². The van der Waals surface area contributed by atoms with Gasteiger partial charge < -0.3 is 14.7 Å². The van der Waals surface area contributed by atoms with Crippen LogP contribution in [0.2, 0.25) is 0 Å². The van der Waals surface area contributed by atoms with Crippen LogP contribution < -0.4 is 4.90 Å². The monoisotopic (exact) mass is 491 g/mol. The largest absolute Gasteiger partial charge is 0.443 e. The molecule has 34 heavy (non-hydrogen) atoms. The van der Waals surface area contributed by atoms with Gasteiger partial charge in [-0.15, -0.1) is 11.3 Å². The van der Waals surface area contributed by atoms with Gasteiger partial charge in [0.2, 0.25) is 0 Å². The summed E-state index contributed by atoms with van der Waals surface area (Å²) in [5, 5.41) is 0.178. The van der Waals surface area contributed by atoms with E-state index >= 15 is 0 Å². The Labute approximate surface area is 198 Å². The van der Waals surface area contributed by atoms with Crippen LogP contribution in [0, 0.1) is 0 Å². The Morgan fingerprint density at radius 3 is 2.47 bits per heavy atom. The molecule has 1 amide bonds. The zero-order chi connectivity index (χ0) is 23.9. The highest BCUT2D eigenvalue weighted by atomic mass is 32.1. The van der Waals surface area contributed by atoms with E-state index < -0.39 is 17.1 Å². The average Bonchev–Trinajstić information content (AvgIpc) is 3.35. The number of pyridine rings is 1. The van der Waals surface area contributed by atoms with Gasteiger partial charge in [-0.25, -0.2) is 15.0 Å². The Bertz CT molecular complexity index is 1180. The van der Waals surface area contributed by atoms with Crippen molar-refractivity contribution >= 4 is 34.0 Å². The van der Waals surface area contributed by atoms with Gasteiger partial charge in [-0.3, -0.25) is 9.78 Å². The first-order valence-electron chi connectivity index (χ1n) is 11.2. The van der Waals surface area contributed by atoms with E-state index in [1.807, 2.05) is 6.20 Å². The number of hydrogen-bond donors (Lipinski definition) is 0. The minimum absolute atomic E-state index is 0.0951. The van der Waals surface area contributed by atoms with Crippen molar-refractivity contribution in [2.45, 2.75) is 24.9 Å². The second-order valence-corrected chi connectivity index (χ2v) is 9.57. The number of likely N-dealkylation sites (tertiary alicyclic amines) is 1. The Morgan fingerprint density at radius 1 is 1.06 bits per heavy atom. The maximum absolute atomic E-state index is 12.8. The topological polar surface area (TPSA) is 78.4 Å². The molecule has 0 atom stereocenters. The fourth-order valence-corrected chi connectivity index (χ4v) is 5.17.